The second kappa shape index (κ2) is 11.3. The summed E-state index contributed by atoms with van der Waals surface area (Å²) in [5.74, 6) is -0.377. The molecule has 0 aliphatic rings. The number of carbonyl (C=O) groups excluding carboxylic acids is 2. The fourth-order valence-corrected chi connectivity index (χ4v) is 2.99. The molecule has 1 aromatic heterocycles. The van der Waals surface area contributed by atoms with Crippen molar-refractivity contribution in [1.29, 1.82) is 0 Å². The summed E-state index contributed by atoms with van der Waals surface area (Å²) in [6.07, 6.45) is -0.865. The summed E-state index contributed by atoms with van der Waals surface area (Å²) in [6, 6.07) is 9.33. The molecule has 0 fully saturated rings. The Morgan fingerprint density at radius 2 is 1.82 bits per heavy atom. The number of hydrogen-bond acceptors (Lipinski definition) is 8. The fourth-order valence-electron chi connectivity index (χ4n) is 2.99. The van der Waals surface area contributed by atoms with Crippen LogP contribution >= 0.6 is 0 Å². The second-order valence-electron chi connectivity index (χ2n) is 7.26. The number of esters is 1. The number of nitrogens with zero attached hydrogens (tertiary/aromatic N) is 2. The SMILES string of the molecule is CCOc1ccc(C(=O)NCC(=O)OC(C)c2nc(-c3ccc(C)c(F)c3)no2)cc1OCC. The maximum Gasteiger partial charge on any atom is 0.326 e. The van der Waals surface area contributed by atoms with Gasteiger partial charge in [0.15, 0.2) is 17.6 Å². The molecule has 0 spiro atoms. The van der Waals surface area contributed by atoms with Gasteiger partial charge in [-0.05, 0) is 57.5 Å². The zero-order chi connectivity index (χ0) is 24.7. The standard InChI is InChI=1S/C24H26FN3O6/c1-5-31-19-10-9-17(12-20(19)32-6-2)23(30)26-13-21(29)33-15(4)24-27-22(28-34-24)16-8-7-14(3)18(25)11-16/h7-12,15H,5-6,13H2,1-4H3,(H,26,30). The van der Waals surface area contributed by atoms with Crippen LogP contribution in [-0.2, 0) is 9.53 Å². The van der Waals surface area contributed by atoms with Crippen LogP contribution in [0.1, 0.15) is 48.7 Å². The van der Waals surface area contributed by atoms with Crippen molar-refractivity contribution in [2.45, 2.75) is 33.8 Å². The number of benzene rings is 2. The first-order chi connectivity index (χ1) is 16.3. The van der Waals surface area contributed by atoms with Gasteiger partial charge < -0.3 is 24.1 Å². The molecule has 180 valence electrons. The van der Waals surface area contributed by atoms with E-state index in [4.69, 9.17) is 18.7 Å². The number of amides is 1. The number of ether oxygens (including phenoxy) is 3. The Balaban J connectivity index is 1.56. The maximum atomic E-state index is 13.8. The molecule has 1 heterocycles. The molecule has 34 heavy (non-hydrogen) atoms. The molecule has 0 bridgehead atoms. The van der Waals surface area contributed by atoms with Gasteiger partial charge in [-0.25, -0.2) is 4.39 Å². The van der Waals surface area contributed by atoms with Crippen molar-refractivity contribution in [3.8, 4) is 22.9 Å². The number of hydrogen-bond donors (Lipinski definition) is 1. The van der Waals surface area contributed by atoms with E-state index in [1.807, 2.05) is 13.8 Å². The third kappa shape index (κ3) is 6.09. The first-order valence-corrected chi connectivity index (χ1v) is 10.8. The third-order valence-electron chi connectivity index (χ3n) is 4.73. The Morgan fingerprint density at radius 3 is 2.53 bits per heavy atom. The van der Waals surface area contributed by atoms with Crippen molar-refractivity contribution in [1.82, 2.24) is 15.5 Å². The first-order valence-electron chi connectivity index (χ1n) is 10.8. The van der Waals surface area contributed by atoms with Crippen LogP contribution in [0.4, 0.5) is 4.39 Å². The van der Waals surface area contributed by atoms with Gasteiger partial charge in [-0.1, -0.05) is 17.3 Å². The lowest BCUT2D eigenvalue weighted by Crippen LogP contribution is -2.31. The Kier molecular flexibility index (Phi) is 8.18. The van der Waals surface area contributed by atoms with Crippen molar-refractivity contribution < 1.29 is 32.7 Å². The van der Waals surface area contributed by atoms with Crippen molar-refractivity contribution >= 4 is 11.9 Å². The molecule has 0 saturated carbocycles. The molecule has 2 aromatic carbocycles. The highest BCUT2D eigenvalue weighted by Crippen LogP contribution is 2.28. The third-order valence-corrected chi connectivity index (χ3v) is 4.73. The van der Waals surface area contributed by atoms with Crippen molar-refractivity contribution in [3.05, 3.63) is 59.2 Å². The van der Waals surface area contributed by atoms with Gasteiger partial charge in [0.05, 0.1) is 13.2 Å². The molecular formula is C24H26FN3O6. The summed E-state index contributed by atoms with van der Waals surface area (Å²) in [6.45, 7) is 7.36. The number of aryl methyl sites for hydroxylation is 1. The van der Waals surface area contributed by atoms with Crippen LogP contribution in [0.25, 0.3) is 11.4 Å². The minimum Gasteiger partial charge on any atom is -0.490 e. The Hall–Kier alpha value is -3.95. The molecule has 9 nitrogen and oxygen atoms in total. The van der Waals surface area contributed by atoms with E-state index in [-0.39, 0.29) is 24.1 Å². The Labute approximate surface area is 196 Å². The largest absolute Gasteiger partial charge is 0.490 e. The van der Waals surface area contributed by atoms with Crippen molar-refractivity contribution in [2.24, 2.45) is 0 Å². The minimum atomic E-state index is -0.865. The van der Waals surface area contributed by atoms with Gasteiger partial charge >= 0.3 is 5.97 Å². The van der Waals surface area contributed by atoms with Gasteiger partial charge in [0.2, 0.25) is 5.82 Å². The predicted octanol–water partition coefficient (Wildman–Crippen LogP) is 4.02. The molecule has 1 N–H and O–H groups in total. The molecular weight excluding hydrogens is 445 g/mol. The van der Waals surface area contributed by atoms with E-state index < -0.39 is 18.0 Å². The number of rotatable bonds is 10. The molecule has 1 unspecified atom stereocenters. The highest BCUT2D eigenvalue weighted by Gasteiger charge is 2.20. The van der Waals surface area contributed by atoms with E-state index in [2.05, 4.69) is 15.5 Å². The number of halogens is 1. The van der Waals surface area contributed by atoms with Crippen LogP contribution in [0, 0.1) is 12.7 Å². The Morgan fingerprint density at radius 1 is 1.09 bits per heavy atom. The van der Waals surface area contributed by atoms with Crippen molar-refractivity contribution in [2.75, 3.05) is 19.8 Å². The van der Waals surface area contributed by atoms with Crippen LogP contribution in [0.5, 0.6) is 11.5 Å². The van der Waals surface area contributed by atoms with Crippen LogP contribution < -0.4 is 14.8 Å². The molecule has 1 atom stereocenters. The number of nitrogens with one attached hydrogen (secondary N) is 1. The molecule has 0 radical (unpaired) electrons. The lowest BCUT2D eigenvalue weighted by atomic mass is 10.1. The summed E-state index contributed by atoms with van der Waals surface area (Å²) in [4.78, 5) is 28.8. The summed E-state index contributed by atoms with van der Waals surface area (Å²) in [5, 5.41) is 6.31. The maximum absolute atomic E-state index is 13.8. The van der Waals surface area contributed by atoms with Crippen LogP contribution in [0.15, 0.2) is 40.9 Å². The fraction of sp³-hybridized carbons (Fsp3) is 0.333. The molecule has 0 saturated heterocycles. The Bertz CT molecular complexity index is 1160. The quantitative estimate of drug-likeness (QED) is 0.441. The van der Waals surface area contributed by atoms with Crippen molar-refractivity contribution in [3.63, 3.8) is 0 Å². The smallest absolute Gasteiger partial charge is 0.326 e. The molecule has 0 aliphatic carbocycles. The summed E-state index contributed by atoms with van der Waals surface area (Å²) < 4.78 is 35.2. The lowest BCUT2D eigenvalue weighted by Gasteiger charge is -2.13. The summed E-state index contributed by atoms with van der Waals surface area (Å²) in [7, 11) is 0. The van der Waals surface area contributed by atoms with Gasteiger partial charge in [-0.15, -0.1) is 0 Å². The zero-order valence-electron chi connectivity index (χ0n) is 19.4. The topological polar surface area (TPSA) is 113 Å². The molecule has 10 heteroatoms. The summed E-state index contributed by atoms with van der Waals surface area (Å²) >= 11 is 0. The lowest BCUT2D eigenvalue weighted by molar-refractivity contribution is -0.148. The van der Waals surface area contributed by atoms with Gasteiger partial charge in [-0.3, -0.25) is 9.59 Å². The average Bonchev–Trinajstić information content (AvgIpc) is 3.31. The first kappa shape index (κ1) is 24.7. The highest BCUT2D eigenvalue weighted by atomic mass is 19.1. The monoisotopic (exact) mass is 471 g/mol. The average molecular weight is 471 g/mol. The summed E-state index contributed by atoms with van der Waals surface area (Å²) in [5.41, 5.74) is 1.24. The number of carbonyl (C=O) groups is 2. The van der Waals surface area contributed by atoms with E-state index in [0.717, 1.165) is 0 Å². The van der Waals surface area contributed by atoms with Crippen LogP contribution in [0.2, 0.25) is 0 Å². The number of aromatic nitrogens is 2. The van der Waals surface area contributed by atoms with Gasteiger partial charge in [-0.2, -0.15) is 4.98 Å². The predicted molar refractivity (Wildman–Crippen MR) is 120 cm³/mol. The minimum absolute atomic E-state index is 0.0449. The van der Waals surface area contributed by atoms with Crippen LogP contribution in [-0.4, -0.2) is 41.8 Å². The van der Waals surface area contributed by atoms with Gasteiger partial charge in [0.25, 0.3) is 11.8 Å². The normalized spacial score (nSPS) is 11.6. The zero-order valence-corrected chi connectivity index (χ0v) is 19.4. The highest BCUT2D eigenvalue weighted by molar-refractivity contribution is 5.96. The molecule has 0 aliphatic heterocycles. The molecule has 3 aromatic rings. The second-order valence-corrected chi connectivity index (χ2v) is 7.26. The molecule has 3 rings (SSSR count). The molecule has 1 amide bonds. The van der Waals surface area contributed by atoms with E-state index in [1.54, 1.807) is 44.2 Å². The van der Waals surface area contributed by atoms with E-state index >= 15 is 0 Å². The van der Waals surface area contributed by atoms with Gasteiger partial charge in [0.1, 0.15) is 12.4 Å². The van der Waals surface area contributed by atoms with E-state index in [0.29, 0.717) is 41.4 Å². The van der Waals surface area contributed by atoms with Crippen LogP contribution in [0.3, 0.4) is 0 Å². The van der Waals surface area contributed by atoms with E-state index in [9.17, 15) is 14.0 Å². The van der Waals surface area contributed by atoms with Gasteiger partial charge in [0, 0.05) is 11.1 Å². The van der Waals surface area contributed by atoms with E-state index in [1.165, 1.54) is 6.07 Å².